The zero-order valence-corrected chi connectivity index (χ0v) is 18.8. The molecule has 0 aromatic rings. The minimum Gasteiger partial charge on any atom is -0.357 e. The van der Waals surface area contributed by atoms with Crippen LogP contribution in [0.25, 0.3) is 0 Å². The van der Waals surface area contributed by atoms with Gasteiger partial charge in [0.25, 0.3) is 0 Å². The minimum absolute atomic E-state index is 0. The average Bonchev–Trinajstić information content (AvgIpc) is 3.04. The molecular formula is C19H37IN4O. The number of amides is 1. The summed E-state index contributed by atoms with van der Waals surface area (Å²) in [5, 5.41) is 6.97. The Morgan fingerprint density at radius 3 is 2.28 bits per heavy atom. The first-order chi connectivity index (χ1) is 11.5. The highest BCUT2D eigenvalue weighted by Gasteiger charge is 2.42. The fraction of sp³-hybridized carbons (Fsp3) is 0.895. The summed E-state index contributed by atoms with van der Waals surface area (Å²) >= 11 is 0. The van der Waals surface area contributed by atoms with E-state index in [9.17, 15) is 4.79 Å². The Bertz CT molecular complexity index is 439. The lowest BCUT2D eigenvalue weighted by atomic mass is 9.84. The van der Waals surface area contributed by atoms with Crippen molar-refractivity contribution in [1.29, 1.82) is 0 Å². The topological polar surface area (TPSA) is 56.7 Å². The van der Waals surface area contributed by atoms with E-state index < -0.39 is 0 Å². The van der Waals surface area contributed by atoms with Gasteiger partial charge in [0.05, 0.1) is 12.0 Å². The maximum Gasteiger partial charge on any atom is 0.230 e. The monoisotopic (exact) mass is 464 g/mol. The van der Waals surface area contributed by atoms with E-state index >= 15 is 0 Å². The number of hydrogen-bond acceptors (Lipinski definition) is 2. The molecule has 0 unspecified atom stereocenters. The first-order valence-electron chi connectivity index (χ1n) is 9.73. The molecular weight excluding hydrogens is 427 g/mol. The molecule has 0 aromatic heterocycles. The van der Waals surface area contributed by atoms with Crippen LogP contribution in [0.15, 0.2) is 4.99 Å². The maximum atomic E-state index is 12.7. The zero-order chi connectivity index (χ0) is 17.6. The van der Waals surface area contributed by atoms with Crippen LogP contribution in [-0.2, 0) is 4.79 Å². The van der Waals surface area contributed by atoms with E-state index in [4.69, 9.17) is 4.99 Å². The number of nitrogens with one attached hydrogen (secondary N) is 2. The lowest BCUT2D eigenvalue weighted by molar-refractivity contribution is -0.138. The highest BCUT2D eigenvalue weighted by atomic mass is 127. The predicted octanol–water partition coefficient (Wildman–Crippen LogP) is 3.39. The Balaban J connectivity index is 0.00000312. The molecule has 0 aliphatic heterocycles. The van der Waals surface area contributed by atoms with Gasteiger partial charge in [-0.15, -0.1) is 24.0 Å². The van der Waals surface area contributed by atoms with E-state index in [2.05, 4.69) is 24.5 Å². The third-order valence-corrected chi connectivity index (χ3v) is 5.66. The second-order valence-corrected chi connectivity index (χ2v) is 7.98. The highest BCUT2D eigenvalue weighted by Crippen LogP contribution is 2.39. The van der Waals surface area contributed by atoms with Crippen LogP contribution in [-0.4, -0.2) is 50.0 Å². The van der Waals surface area contributed by atoms with Gasteiger partial charge in [-0.3, -0.25) is 9.79 Å². The van der Waals surface area contributed by atoms with Gasteiger partial charge >= 0.3 is 0 Å². The minimum atomic E-state index is -0.285. The van der Waals surface area contributed by atoms with Crippen molar-refractivity contribution in [2.75, 3.05) is 27.2 Å². The summed E-state index contributed by atoms with van der Waals surface area (Å²) in [7, 11) is 3.72. The second kappa shape index (κ2) is 10.6. The smallest absolute Gasteiger partial charge is 0.230 e. The third-order valence-electron chi connectivity index (χ3n) is 5.66. The Labute approximate surface area is 170 Å². The fourth-order valence-corrected chi connectivity index (χ4v) is 4.11. The number of halogens is 1. The van der Waals surface area contributed by atoms with Crippen LogP contribution in [0.5, 0.6) is 0 Å². The number of aliphatic imine (C=N–C) groups is 1. The molecule has 2 N–H and O–H groups in total. The van der Waals surface area contributed by atoms with E-state index in [0.717, 1.165) is 44.1 Å². The SMILES string of the molecule is CCNC(=NCC1(C(=O)N(C)C)CCCC1)NC1CCC(C)CC1.I. The van der Waals surface area contributed by atoms with Crippen LogP contribution in [0.4, 0.5) is 0 Å². The first kappa shape index (κ1) is 22.5. The first-order valence-corrected chi connectivity index (χ1v) is 9.73. The summed E-state index contributed by atoms with van der Waals surface area (Å²) in [6.45, 7) is 5.88. The van der Waals surface area contributed by atoms with Crippen molar-refractivity contribution in [1.82, 2.24) is 15.5 Å². The van der Waals surface area contributed by atoms with Crippen molar-refractivity contribution < 1.29 is 4.79 Å². The van der Waals surface area contributed by atoms with Gasteiger partial charge in [0.2, 0.25) is 5.91 Å². The number of carbonyl (C=O) groups excluding carboxylic acids is 1. The highest BCUT2D eigenvalue weighted by molar-refractivity contribution is 14.0. The van der Waals surface area contributed by atoms with Crippen molar-refractivity contribution in [3.8, 4) is 0 Å². The van der Waals surface area contributed by atoms with Crippen LogP contribution < -0.4 is 10.6 Å². The van der Waals surface area contributed by atoms with Crippen LogP contribution in [0.3, 0.4) is 0 Å². The molecule has 2 rings (SSSR count). The molecule has 0 radical (unpaired) electrons. The van der Waals surface area contributed by atoms with Gasteiger partial charge in [-0.2, -0.15) is 0 Å². The molecule has 2 fully saturated rings. The number of carbonyl (C=O) groups is 1. The Kier molecular flexibility index (Phi) is 9.52. The van der Waals surface area contributed by atoms with E-state index in [1.54, 1.807) is 4.90 Å². The van der Waals surface area contributed by atoms with E-state index in [1.807, 2.05) is 14.1 Å². The fourth-order valence-electron chi connectivity index (χ4n) is 4.11. The quantitative estimate of drug-likeness (QED) is 0.373. The van der Waals surface area contributed by atoms with Crippen LogP contribution >= 0.6 is 24.0 Å². The molecule has 6 heteroatoms. The molecule has 2 saturated carbocycles. The van der Waals surface area contributed by atoms with Crippen molar-refractivity contribution >= 4 is 35.8 Å². The Morgan fingerprint density at radius 2 is 1.76 bits per heavy atom. The van der Waals surface area contributed by atoms with Gasteiger partial charge in [-0.1, -0.05) is 19.8 Å². The van der Waals surface area contributed by atoms with E-state index in [0.29, 0.717) is 12.6 Å². The van der Waals surface area contributed by atoms with Crippen molar-refractivity contribution in [2.45, 2.75) is 71.3 Å². The lowest BCUT2D eigenvalue weighted by Gasteiger charge is -2.31. The van der Waals surface area contributed by atoms with Gasteiger partial charge in [0.15, 0.2) is 5.96 Å². The molecule has 0 aromatic carbocycles. The maximum absolute atomic E-state index is 12.7. The average molecular weight is 464 g/mol. The van der Waals surface area contributed by atoms with Crippen molar-refractivity contribution in [3.63, 3.8) is 0 Å². The Hall–Kier alpha value is -0.530. The molecule has 0 atom stereocenters. The number of guanidine groups is 1. The third kappa shape index (κ3) is 6.29. The van der Waals surface area contributed by atoms with Crippen LogP contribution in [0.1, 0.15) is 65.2 Å². The predicted molar refractivity (Wildman–Crippen MR) is 116 cm³/mol. The van der Waals surface area contributed by atoms with Gasteiger partial charge in [-0.25, -0.2) is 0 Å². The molecule has 0 heterocycles. The van der Waals surface area contributed by atoms with Gasteiger partial charge in [0.1, 0.15) is 0 Å². The molecule has 146 valence electrons. The van der Waals surface area contributed by atoms with E-state index in [-0.39, 0.29) is 35.3 Å². The van der Waals surface area contributed by atoms with Gasteiger partial charge in [-0.05, 0) is 51.4 Å². The summed E-state index contributed by atoms with van der Waals surface area (Å²) < 4.78 is 0. The number of nitrogens with zero attached hydrogens (tertiary/aromatic N) is 2. The molecule has 1 amide bonds. The second-order valence-electron chi connectivity index (χ2n) is 7.98. The summed E-state index contributed by atoms with van der Waals surface area (Å²) in [6.07, 6.45) is 9.22. The van der Waals surface area contributed by atoms with E-state index in [1.165, 1.54) is 25.7 Å². The molecule has 0 spiro atoms. The van der Waals surface area contributed by atoms with Crippen LogP contribution in [0.2, 0.25) is 0 Å². The number of rotatable bonds is 5. The zero-order valence-electron chi connectivity index (χ0n) is 16.4. The molecule has 0 bridgehead atoms. The normalized spacial score (nSPS) is 25.8. The summed E-state index contributed by atoms with van der Waals surface area (Å²) in [5.74, 6) is 1.98. The largest absolute Gasteiger partial charge is 0.357 e. The summed E-state index contributed by atoms with van der Waals surface area (Å²) in [4.78, 5) is 19.3. The van der Waals surface area contributed by atoms with Crippen molar-refractivity contribution in [3.05, 3.63) is 0 Å². The summed E-state index contributed by atoms with van der Waals surface area (Å²) in [5.41, 5.74) is -0.285. The molecule has 2 aliphatic rings. The lowest BCUT2D eigenvalue weighted by Crippen LogP contribution is -2.46. The summed E-state index contributed by atoms with van der Waals surface area (Å²) in [6, 6.07) is 0.517. The van der Waals surface area contributed by atoms with Gasteiger partial charge < -0.3 is 15.5 Å². The van der Waals surface area contributed by atoms with Crippen molar-refractivity contribution in [2.24, 2.45) is 16.3 Å². The molecule has 0 saturated heterocycles. The molecule has 5 nitrogen and oxygen atoms in total. The van der Waals surface area contributed by atoms with Gasteiger partial charge in [0, 0.05) is 26.7 Å². The molecule has 25 heavy (non-hydrogen) atoms. The Morgan fingerprint density at radius 1 is 1.16 bits per heavy atom. The number of hydrogen-bond donors (Lipinski definition) is 2. The van der Waals surface area contributed by atoms with Crippen LogP contribution in [0, 0.1) is 11.3 Å². The molecule has 2 aliphatic carbocycles. The standard InChI is InChI=1S/C19H36N4O.HI/c1-5-20-18(22-16-10-8-15(2)9-11-16)21-14-19(12-6-7-13-19)17(24)23(3)4;/h15-16H,5-14H2,1-4H3,(H2,20,21,22);1H.